The number of thioether (sulfide) groups is 1. The van der Waals surface area contributed by atoms with Crippen LogP contribution in [0.5, 0.6) is 0 Å². The molecule has 5 nitrogen and oxygen atoms in total. The van der Waals surface area contributed by atoms with E-state index < -0.39 is 0 Å². The molecule has 0 bridgehead atoms. The first-order valence-electron chi connectivity index (χ1n) is 8.14. The van der Waals surface area contributed by atoms with Gasteiger partial charge in [0.1, 0.15) is 5.58 Å². The summed E-state index contributed by atoms with van der Waals surface area (Å²) < 4.78 is 6.42. The lowest BCUT2D eigenvalue weighted by atomic mass is 10.2. The number of benzene rings is 2. The first-order chi connectivity index (χ1) is 13.2. The standard InChI is InChI=1S/C19H14ClN3O2S2/c20-14-7-5-12(6-8-14)11-26-19-23-22-18(27-19)21-10-15(24)17-9-13-3-1-2-4-16(13)25-17/h1-9H,10-11H2,(H,21,22). The van der Waals surface area contributed by atoms with Crippen molar-refractivity contribution >= 4 is 56.6 Å². The SMILES string of the molecule is O=C(CNc1nnc(SCc2ccc(Cl)cc2)s1)c1cc2ccccc2o1. The molecular weight excluding hydrogens is 402 g/mol. The zero-order valence-corrected chi connectivity index (χ0v) is 16.4. The summed E-state index contributed by atoms with van der Waals surface area (Å²) in [5, 5.41) is 13.5. The summed E-state index contributed by atoms with van der Waals surface area (Å²) in [4.78, 5) is 12.3. The van der Waals surface area contributed by atoms with Gasteiger partial charge in [-0.15, -0.1) is 10.2 Å². The third-order valence-electron chi connectivity index (χ3n) is 3.78. The molecule has 0 atom stereocenters. The minimum atomic E-state index is -0.128. The minimum Gasteiger partial charge on any atom is -0.453 e. The van der Waals surface area contributed by atoms with E-state index in [0.717, 1.165) is 26.1 Å². The van der Waals surface area contributed by atoms with E-state index in [1.165, 1.54) is 11.3 Å². The zero-order chi connectivity index (χ0) is 18.6. The monoisotopic (exact) mass is 415 g/mol. The maximum absolute atomic E-state index is 12.3. The smallest absolute Gasteiger partial charge is 0.217 e. The number of anilines is 1. The van der Waals surface area contributed by atoms with Gasteiger partial charge in [-0.3, -0.25) is 4.79 Å². The van der Waals surface area contributed by atoms with Crippen LogP contribution < -0.4 is 5.32 Å². The van der Waals surface area contributed by atoms with Gasteiger partial charge in [0.25, 0.3) is 0 Å². The first kappa shape index (κ1) is 18.0. The molecule has 0 aliphatic rings. The Kier molecular flexibility index (Phi) is 5.42. The highest BCUT2D eigenvalue weighted by Crippen LogP contribution is 2.28. The van der Waals surface area contributed by atoms with Crippen LogP contribution in [-0.4, -0.2) is 22.5 Å². The summed E-state index contributed by atoms with van der Waals surface area (Å²) in [6.07, 6.45) is 0. The maximum atomic E-state index is 12.3. The lowest BCUT2D eigenvalue weighted by Gasteiger charge is -1.99. The molecular formula is C19H14ClN3O2S2. The number of rotatable bonds is 7. The quantitative estimate of drug-likeness (QED) is 0.316. The van der Waals surface area contributed by atoms with Gasteiger partial charge in [-0.2, -0.15) is 0 Å². The van der Waals surface area contributed by atoms with Gasteiger partial charge in [0.2, 0.25) is 10.9 Å². The number of Topliss-reactive ketones (excluding diaryl/α,β-unsaturated/α-hetero) is 1. The Morgan fingerprint density at radius 3 is 2.78 bits per heavy atom. The highest BCUT2D eigenvalue weighted by molar-refractivity contribution is 8.00. The molecule has 4 rings (SSSR count). The fraction of sp³-hybridized carbons (Fsp3) is 0.105. The molecule has 136 valence electrons. The molecule has 0 radical (unpaired) electrons. The van der Waals surface area contributed by atoms with Crippen molar-refractivity contribution in [2.45, 2.75) is 10.1 Å². The van der Waals surface area contributed by atoms with Crippen LogP contribution in [0, 0.1) is 0 Å². The van der Waals surface area contributed by atoms with Gasteiger partial charge in [-0.05, 0) is 29.8 Å². The second-order valence-electron chi connectivity index (χ2n) is 5.71. The fourth-order valence-electron chi connectivity index (χ4n) is 2.43. The molecule has 27 heavy (non-hydrogen) atoms. The van der Waals surface area contributed by atoms with Crippen LogP contribution in [0.3, 0.4) is 0 Å². The van der Waals surface area contributed by atoms with Gasteiger partial charge in [-0.1, -0.05) is 65.0 Å². The number of halogens is 1. The number of nitrogens with one attached hydrogen (secondary N) is 1. The predicted molar refractivity (Wildman–Crippen MR) is 110 cm³/mol. The molecule has 2 aromatic heterocycles. The third-order valence-corrected chi connectivity index (χ3v) is 6.12. The number of para-hydroxylation sites is 1. The van der Waals surface area contributed by atoms with Crippen LogP contribution in [0.4, 0.5) is 5.13 Å². The maximum Gasteiger partial charge on any atom is 0.217 e. The number of fused-ring (bicyclic) bond motifs is 1. The zero-order valence-electron chi connectivity index (χ0n) is 14.0. The van der Waals surface area contributed by atoms with Crippen LogP contribution in [0.1, 0.15) is 16.1 Å². The van der Waals surface area contributed by atoms with Crippen molar-refractivity contribution in [3.05, 3.63) is 70.9 Å². The number of aromatic nitrogens is 2. The fourth-order valence-corrected chi connectivity index (χ4v) is 4.26. The summed E-state index contributed by atoms with van der Waals surface area (Å²) in [5.74, 6) is 0.992. The van der Waals surface area contributed by atoms with Gasteiger partial charge in [0.05, 0.1) is 6.54 Å². The van der Waals surface area contributed by atoms with Crippen molar-refractivity contribution in [3.8, 4) is 0 Å². The van der Waals surface area contributed by atoms with Crippen molar-refractivity contribution in [1.29, 1.82) is 0 Å². The molecule has 0 fully saturated rings. The Bertz CT molecular complexity index is 1040. The highest BCUT2D eigenvalue weighted by Gasteiger charge is 2.13. The largest absolute Gasteiger partial charge is 0.453 e. The summed E-state index contributed by atoms with van der Waals surface area (Å²) in [6, 6.07) is 17.0. The molecule has 0 aliphatic heterocycles. The second kappa shape index (κ2) is 8.12. The molecule has 0 aliphatic carbocycles. The van der Waals surface area contributed by atoms with Gasteiger partial charge in [-0.25, -0.2) is 0 Å². The van der Waals surface area contributed by atoms with E-state index in [0.29, 0.717) is 16.5 Å². The van der Waals surface area contributed by atoms with E-state index in [-0.39, 0.29) is 12.3 Å². The van der Waals surface area contributed by atoms with Gasteiger partial charge >= 0.3 is 0 Å². The molecule has 0 saturated carbocycles. The van der Waals surface area contributed by atoms with Crippen LogP contribution in [-0.2, 0) is 5.75 Å². The van der Waals surface area contributed by atoms with Crippen LogP contribution >= 0.6 is 34.7 Å². The summed E-state index contributed by atoms with van der Waals surface area (Å²) >= 11 is 8.90. The van der Waals surface area contributed by atoms with E-state index in [9.17, 15) is 4.79 Å². The molecule has 4 aromatic rings. The number of hydrogen-bond donors (Lipinski definition) is 1. The van der Waals surface area contributed by atoms with Crippen LogP contribution in [0.25, 0.3) is 11.0 Å². The normalized spacial score (nSPS) is 11.0. The highest BCUT2D eigenvalue weighted by atomic mass is 35.5. The average Bonchev–Trinajstić information content (AvgIpc) is 3.32. The predicted octanol–water partition coefficient (Wildman–Crippen LogP) is 5.52. The number of nitrogens with zero attached hydrogens (tertiary/aromatic N) is 2. The van der Waals surface area contributed by atoms with Crippen LogP contribution in [0.2, 0.25) is 5.02 Å². The number of furan rings is 1. The Balaban J connectivity index is 1.32. The molecule has 2 heterocycles. The third kappa shape index (κ3) is 4.50. The Hall–Kier alpha value is -2.35. The van der Waals surface area contributed by atoms with Crippen molar-refractivity contribution in [1.82, 2.24) is 10.2 Å². The van der Waals surface area contributed by atoms with Gasteiger partial charge in [0.15, 0.2) is 10.1 Å². The number of hydrogen-bond acceptors (Lipinski definition) is 7. The van der Waals surface area contributed by atoms with Crippen molar-refractivity contribution < 1.29 is 9.21 Å². The van der Waals surface area contributed by atoms with E-state index in [2.05, 4.69) is 15.5 Å². The molecule has 0 unspecified atom stereocenters. The summed E-state index contributed by atoms with van der Waals surface area (Å²) in [6.45, 7) is 0.107. The van der Waals surface area contributed by atoms with E-state index in [4.69, 9.17) is 16.0 Å². The lowest BCUT2D eigenvalue weighted by molar-refractivity contribution is 0.0982. The van der Waals surface area contributed by atoms with Crippen molar-refractivity contribution in [2.75, 3.05) is 11.9 Å². The van der Waals surface area contributed by atoms with Crippen molar-refractivity contribution in [2.24, 2.45) is 0 Å². The van der Waals surface area contributed by atoms with E-state index in [1.807, 2.05) is 48.5 Å². The van der Waals surface area contributed by atoms with Gasteiger partial charge in [0, 0.05) is 16.2 Å². The number of ketones is 1. The minimum absolute atomic E-state index is 0.107. The molecule has 2 aromatic carbocycles. The Morgan fingerprint density at radius 2 is 1.96 bits per heavy atom. The summed E-state index contributed by atoms with van der Waals surface area (Å²) in [5.41, 5.74) is 1.87. The first-order valence-corrected chi connectivity index (χ1v) is 10.3. The molecule has 1 N–H and O–H groups in total. The number of carbonyl (C=O) groups excluding carboxylic acids is 1. The molecule has 0 amide bonds. The molecule has 8 heteroatoms. The average molecular weight is 416 g/mol. The lowest BCUT2D eigenvalue weighted by Crippen LogP contribution is -2.13. The topological polar surface area (TPSA) is 68.0 Å². The molecule has 0 spiro atoms. The van der Waals surface area contributed by atoms with E-state index in [1.54, 1.807) is 17.8 Å². The summed E-state index contributed by atoms with van der Waals surface area (Å²) in [7, 11) is 0. The Morgan fingerprint density at radius 1 is 1.15 bits per heavy atom. The molecule has 0 saturated heterocycles. The van der Waals surface area contributed by atoms with Crippen LogP contribution in [0.15, 0.2) is 63.4 Å². The Labute approximate surface area is 168 Å². The van der Waals surface area contributed by atoms with E-state index >= 15 is 0 Å². The number of carbonyl (C=O) groups is 1. The van der Waals surface area contributed by atoms with Gasteiger partial charge < -0.3 is 9.73 Å². The second-order valence-corrected chi connectivity index (χ2v) is 8.35. The van der Waals surface area contributed by atoms with Crippen molar-refractivity contribution in [3.63, 3.8) is 0 Å².